The molecule has 0 aliphatic carbocycles. The van der Waals surface area contributed by atoms with Gasteiger partial charge in [-0.15, -0.1) is 0 Å². The van der Waals surface area contributed by atoms with Crippen LogP contribution in [0.5, 0.6) is 0 Å². The van der Waals surface area contributed by atoms with Crippen molar-refractivity contribution in [1.82, 2.24) is 4.98 Å². The first-order chi connectivity index (χ1) is 7.65. The zero-order valence-corrected chi connectivity index (χ0v) is 11.4. The fourth-order valence-corrected chi connectivity index (χ4v) is 1.17. The summed E-state index contributed by atoms with van der Waals surface area (Å²) in [4.78, 5) is 6.59. The molecule has 0 spiro atoms. The Morgan fingerprint density at radius 3 is 2.38 bits per heavy atom. The summed E-state index contributed by atoms with van der Waals surface area (Å²) in [5.74, 6) is 1.00. The highest BCUT2D eigenvalue weighted by Gasteiger charge is 2.02. The van der Waals surface area contributed by atoms with E-state index in [-0.39, 0.29) is 0 Å². The van der Waals surface area contributed by atoms with Crippen molar-refractivity contribution in [2.24, 2.45) is 0 Å². The third kappa shape index (κ3) is 4.62. The fourth-order valence-electron chi connectivity index (χ4n) is 1.17. The molecule has 0 radical (unpaired) electrons. The molecule has 3 heteroatoms. The van der Waals surface area contributed by atoms with Crippen LogP contribution in [-0.4, -0.2) is 32.3 Å². The lowest BCUT2D eigenvalue weighted by molar-refractivity contribution is 0.206. The molecule has 0 amide bonds. The molecule has 92 valence electrons. The van der Waals surface area contributed by atoms with Crippen molar-refractivity contribution in [3.05, 3.63) is 23.4 Å². The monoisotopic (exact) mass is 224 g/mol. The quantitative estimate of drug-likeness (QED) is 0.786. The minimum absolute atomic E-state index is 0.727. The molecule has 0 aromatic carbocycles. The van der Waals surface area contributed by atoms with E-state index >= 15 is 0 Å². The molecular formula is C13H24N2O. The molecule has 0 atom stereocenters. The van der Waals surface area contributed by atoms with Gasteiger partial charge in [0.15, 0.2) is 0 Å². The third-order valence-corrected chi connectivity index (χ3v) is 2.36. The Morgan fingerprint density at radius 1 is 1.25 bits per heavy atom. The topological polar surface area (TPSA) is 25.4 Å². The number of aryl methyl sites for hydroxylation is 2. The number of aromatic nitrogens is 1. The van der Waals surface area contributed by atoms with Gasteiger partial charge in [0, 0.05) is 26.4 Å². The van der Waals surface area contributed by atoms with Crippen LogP contribution >= 0.6 is 0 Å². The zero-order chi connectivity index (χ0) is 12.6. The van der Waals surface area contributed by atoms with Crippen LogP contribution in [0.4, 0.5) is 5.82 Å². The highest BCUT2D eigenvalue weighted by molar-refractivity contribution is 5.40. The van der Waals surface area contributed by atoms with Gasteiger partial charge in [0.2, 0.25) is 0 Å². The Hall–Kier alpha value is -1.09. The summed E-state index contributed by atoms with van der Waals surface area (Å²) in [5, 5.41) is 0. The smallest absolute Gasteiger partial charge is 0.128 e. The number of ether oxygens (including phenoxy) is 1. The average molecular weight is 224 g/mol. The predicted octanol–water partition coefficient (Wildman–Crippen LogP) is 2.81. The second-order valence-corrected chi connectivity index (χ2v) is 3.49. The van der Waals surface area contributed by atoms with Crippen molar-refractivity contribution in [3.63, 3.8) is 0 Å². The van der Waals surface area contributed by atoms with Gasteiger partial charge in [0.05, 0.1) is 6.61 Å². The maximum atomic E-state index is 5.02. The fraction of sp³-hybridized carbons (Fsp3) is 0.615. The van der Waals surface area contributed by atoms with Crippen molar-refractivity contribution >= 4 is 5.82 Å². The number of hydrogen-bond donors (Lipinski definition) is 0. The van der Waals surface area contributed by atoms with Gasteiger partial charge in [-0.3, -0.25) is 0 Å². The van der Waals surface area contributed by atoms with E-state index in [4.69, 9.17) is 4.74 Å². The Balaban J connectivity index is 0.00000106. The summed E-state index contributed by atoms with van der Waals surface area (Å²) in [6.45, 7) is 9.70. The molecule has 3 nitrogen and oxygen atoms in total. The van der Waals surface area contributed by atoms with Crippen molar-refractivity contribution in [2.75, 3.05) is 32.2 Å². The van der Waals surface area contributed by atoms with Crippen LogP contribution in [0.25, 0.3) is 0 Å². The molecule has 0 saturated carbocycles. The summed E-state index contributed by atoms with van der Waals surface area (Å²) in [6, 6.07) is 4.14. The number of likely N-dealkylation sites (N-methyl/N-ethyl adjacent to an activating group) is 1. The summed E-state index contributed by atoms with van der Waals surface area (Å²) >= 11 is 0. The van der Waals surface area contributed by atoms with Gasteiger partial charge in [-0.25, -0.2) is 4.98 Å². The highest BCUT2D eigenvalue weighted by atomic mass is 16.5. The van der Waals surface area contributed by atoms with Gasteiger partial charge in [-0.05, 0) is 25.5 Å². The number of anilines is 1. The van der Waals surface area contributed by atoms with Crippen LogP contribution in [0.15, 0.2) is 12.1 Å². The maximum absolute atomic E-state index is 5.02. The van der Waals surface area contributed by atoms with E-state index in [2.05, 4.69) is 22.9 Å². The molecule has 0 bridgehead atoms. The molecule has 0 unspecified atom stereocenters. The van der Waals surface area contributed by atoms with Crippen molar-refractivity contribution < 1.29 is 4.74 Å². The number of hydrogen-bond acceptors (Lipinski definition) is 3. The Labute approximate surface area is 99.4 Å². The Bertz CT molecular complexity index is 300. The average Bonchev–Trinajstić information content (AvgIpc) is 2.32. The number of rotatable bonds is 4. The van der Waals surface area contributed by atoms with E-state index in [1.54, 1.807) is 7.11 Å². The van der Waals surface area contributed by atoms with Gasteiger partial charge < -0.3 is 9.64 Å². The third-order valence-electron chi connectivity index (χ3n) is 2.36. The lowest BCUT2D eigenvalue weighted by Gasteiger charge is -2.18. The highest BCUT2D eigenvalue weighted by Crippen LogP contribution is 2.12. The first-order valence-corrected chi connectivity index (χ1v) is 5.79. The van der Waals surface area contributed by atoms with Crippen LogP contribution in [0.3, 0.4) is 0 Å². The second kappa shape index (κ2) is 8.11. The lowest BCUT2D eigenvalue weighted by Crippen LogP contribution is -2.23. The zero-order valence-electron chi connectivity index (χ0n) is 11.4. The van der Waals surface area contributed by atoms with Gasteiger partial charge in [-0.1, -0.05) is 19.9 Å². The Kier molecular flexibility index (Phi) is 7.56. The predicted molar refractivity (Wildman–Crippen MR) is 70.2 cm³/mol. The SMILES string of the molecule is CC.COCCN(C)c1ccc(C)c(C)n1. The molecule has 16 heavy (non-hydrogen) atoms. The first-order valence-electron chi connectivity index (χ1n) is 5.79. The first kappa shape index (κ1) is 14.9. The van der Waals surface area contributed by atoms with E-state index in [9.17, 15) is 0 Å². The van der Waals surface area contributed by atoms with Gasteiger partial charge in [-0.2, -0.15) is 0 Å². The van der Waals surface area contributed by atoms with E-state index in [0.29, 0.717) is 0 Å². The molecule has 1 heterocycles. The van der Waals surface area contributed by atoms with Crippen LogP contribution in [-0.2, 0) is 4.74 Å². The summed E-state index contributed by atoms with van der Waals surface area (Å²) in [6.07, 6.45) is 0. The molecule has 1 aromatic rings. The summed E-state index contributed by atoms with van der Waals surface area (Å²) in [5.41, 5.74) is 2.32. The summed E-state index contributed by atoms with van der Waals surface area (Å²) < 4.78 is 5.02. The number of methoxy groups -OCH3 is 1. The standard InChI is InChI=1S/C11H18N2O.C2H6/c1-9-5-6-11(12-10(9)2)13(3)7-8-14-4;1-2/h5-6H,7-8H2,1-4H3;1-2H3. The molecule has 0 aliphatic rings. The Morgan fingerprint density at radius 2 is 1.88 bits per heavy atom. The molecule has 0 fully saturated rings. The van der Waals surface area contributed by atoms with E-state index in [1.807, 2.05) is 33.9 Å². The van der Waals surface area contributed by atoms with E-state index in [0.717, 1.165) is 24.7 Å². The van der Waals surface area contributed by atoms with Crippen LogP contribution in [0.2, 0.25) is 0 Å². The minimum Gasteiger partial charge on any atom is -0.383 e. The molecule has 1 aromatic heterocycles. The molecule has 1 rings (SSSR count). The van der Waals surface area contributed by atoms with Gasteiger partial charge >= 0.3 is 0 Å². The largest absolute Gasteiger partial charge is 0.383 e. The van der Waals surface area contributed by atoms with E-state index in [1.165, 1.54) is 5.56 Å². The van der Waals surface area contributed by atoms with Gasteiger partial charge in [0.1, 0.15) is 5.82 Å². The molecule has 0 saturated heterocycles. The number of nitrogens with zero attached hydrogens (tertiary/aromatic N) is 2. The maximum Gasteiger partial charge on any atom is 0.128 e. The minimum atomic E-state index is 0.727. The molecular weight excluding hydrogens is 200 g/mol. The van der Waals surface area contributed by atoms with Gasteiger partial charge in [0.25, 0.3) is 0 Å². The number of pyridine rings is 1. The second-order valence-electron chi connectivity index (χ2n) is 3.49. The molecule has 0 aliphatic heterocycles. The lowest BCUT2D eigenvalue weighted by atomic mass is 10.2. The van der Waals surface area contributed by atoms with E-state index < -0.39 is 0 Å². The summed E-state index contributed by atoms with van der Waals surface area (Å²) in [7, 11) is 3.73. The van der Waals surface area contributed by atoms with Crippen molar-refractivity contribution in [2.45, 2.75) is 27.7 Å². The normalized spacial score (nSPS) is 9.38. The van der Waals surface area contributed by atoms with Crippen LogP contribution in [0.1, 0.15) is 25.1 Å². The van der Waals surface area contributed by atoms with Crippen LogP contribution in [0, 0.1) is 13.8 Å². The van der Waals surface area contributed by atoms with Crippen molar-refractivity contribution in [3.8, 4) is 0 Å². The molecule has 0 N–H and O–H groups in total. The van der Waals surface area contributed by atoms with Crippen molar-refractivity contribution in [1.29, 1.82) is 0 Å². The van der Waals surface area contributed by atoms with Crippen LogP contribution < -0.4 is 4.90 Å².